The van der Waals surface area contributed by atoms with E-state index < -0.39 is 0 Å². The lowest BCUT2D eigenvalue weighted by Gasteiger charge is -2.11. The number of nitriles is 1. The Labute approximate surface area is 113 Å². The molecular formula is C16H16N2O. The van der Waals surface area contributed by atoms with E-state index in [-0.39, 0.29) is 0 Å². The average molecular weight is 252 g/mol. The number of hydrogen-bond acceptors (Lipinski definition) is 3. The molecule has 0 aliphatic heterocycles. The summed E-state index contributed by atoms with van der Waals surface area (Å²) in [5.74, 6) is 0.742. The molecule has 0 amide bonds. The van der Waals surface area contributed by atoms with Crippen molar-refractivity contribution in [1.29, 1.82) is 5.26 Å². The zero-order valence-electron chi connectivity index (χ0n) is 11.1. The van der Waals surface area contributed by atoms with E-state index in [0.29, 0.717) is 12.1 Å². The molecule has 96 valence electrons. The summed E-state index contributed by atoms with van der Waals surface area (Å²) >= 11 is 0. The Bertz CT molecular complexity index is 614. The summed E-state index contributed by atoms with van der Waals surface area (Å²) in [7, 11) is 1.62. The molecule has 0 spiro atoms. The Morgan fingerprint density at radius 3 is 2.68 bits per heavy atom. The van der Waals surface area contributed by atoms with Gasteiger partial charge in [-0.3, -0.25) is 0 Å². The van der Waals surface area contributed by atoms with Gasteiger partial charge in [-0.25, -0.2) is 0 Å². The standard InChI is InChI=1S/C16H16N2O/c1-12-5-3-4-6-14(12)11-18-16-9-15(19-2)8-7-13(16)10-17/h3-9,18H,11H2,1-2H3. The van der Waals surface area contributed by atoms with Crippen molar-refractivity contribution in [1.82, 2.24) is 0 Å². The molecule has 0 radical (unpaired) electrons. The summed E-state index contributed by atoms with van der Waals surface area (Å²) in [6.07, 6.45) is 0. The van der Waals surface area contributed by atoms with Crippen molar-refractivity contribution in [3.63, 3.8) is 0 Å². The zero-order chi connectivity index (χ0) is 13.7. The predicted molar refractivity (Wildman–Crippen MR) is 76.2 cm³/mol. The Morgan fingerprint density at radius 2 is 2.00 bits per heavy atom. The second kappa shape index (κ2) is 5.92. The summed E-state index contributed by atoms with van der Waals surface area (Å²) in [6.45, 7) is 2.77. The molecule has 3 heteroatoms. The van der Waals surface area contributed by atoms with Crippen molar-refractivity contribution in [3.05, 3.63) is 59.2 Å². The first kappa shape index (κ1) is 13.0. The number of hydrogen-bond donors (Lipinski definition) is 1. The molecule has 0 heterocycles. The number of aryl methyl sites for hydroxylation is 1. The summed E-state index contributed by atoms with van der Waals surface area (Å²) in [6, 6.07) is 15.8. The van der Waals surface area contributed by atoms with E-state index in [9.17, 15) is 0 Å². The maximum atomic E-state index is 9.10. The smallest absolute Gasteiger partial charge is 0.121 e. The lowest BCUT2D eigenvalue weighted by atomic mass is 10.1. The van der Waals surface area contributed by atoms with Crippen LogP contribution in [0.15, 0.2) is 42.5 Å². The van der Waals surface area contributed by atoms with Gasteiger partial charge in [-0.15, -0.1) is 0 Å². The quantitative estimate of drug-likeness (QED) is 0.906. The molecule has 0 saturated carbocycles. The minimum atomic E-state index is 0.620. The highest BCUT2D eigenvalue weighted by atomic mass is 16.5. The van der Waals surface area contributed by atoms with Crippen molar-refractivity contribution >= 4 is 5.69 Å². The molecule has 2 aromatic rings. The van der Waals surface area contributed by atoms with Crippen LogP contribution in [0.2, 0.25) is 0 Å². The van der Waals surface area contributed by atoms with Gasteiger partial charge in [0.25, 0.3) is 0 Å². The molecule has 2 aromatic carbocycles. The molecular weight excluding hydrogens is 236 g/mol. The Kier molecular flexibility index (Phi) is 4.04. The lowest BCUT2D eigenvalue weighted by Crippen LogP contribution is -2.03. The van der Waals surface area contributed by atoms with Gasteiger partial charge in [0.15, 0.2) is 0 Å². The summed E-state index contributed by atoms with van der Waals surface area (Å²) in [5, 5.41) is 12.4. The van der Waals surface area contributed by atoms with E-state index in [2.05, 4.69) is 30.4 Å². The fourth-order valence-corrected chi connectivity index (χ4v) is 1.89. The van der Waals surface area contributed by atoms with E-state index in [4.69, 9.17) is 10.00 Å². The van der Waals surface area contributed by atoms with E-state index in [1.807, 2.05) is 18.2 Å². The Morgan fingerprint density at radius 1 is 1.21 bits per heavy atom. The van der Waals surface area contributed by atoms with Gasteiger partial charge >= 0.3 is 0 Å². The number of ether oxygens (including phenoxy) is 1. The van der Waals surface area contributed by atoms with Crippen LogP contribution in [-0.2, 0) is 6.54 Å². The normalized spacial score (nSPS) is 9.74. The fraction of sp³-hybridized carbons (Fsp3) is 0.188. The van der Waals surface area contributed by atoms with Crippen LogP contribution >= 0.6 is 0 Å². The fourth-order valence-electron chi connectivity index (χ4n) is 1.89. The molecule has 0 saturated heterocycles. The van der Waals surface area contributed by atoms with Crippen LogP contribution in [0, 0.1) is 18.3 Å². The van der Waals surface area contributed by atoms with Gasteiger partial charge in [0.1, 0.15) is 11.8 Å². The minimum Gasteiger partial charge on any atom is -0.497 e. The summed E-state index contributed by atoms with van der Waals surface area (Å²) < 4.78 is 5.18. The van der Waals surface area contributed by atoms with Crippen LogP contribution in [0.25, 0.3) is 0 Å². The number of methoxy groups -OCH3 is 1. The van der Waals surface area contributed by atoms with E-state index in [1.54, 1.807) is 19.2 Å². The van der Waals surface area contributed by atoms with Gasteiger partial charge in [0, 0.05) is 12.6 Å². The van der Waals surface area contributed by atoms with Gasteiger partial charge < -0.3 is 10.1 Å². The predicted octanol–water partition coefficient (Wildman–Crippen LogP) is 3.49. The van der Waals surface area contributed by atoms with Crippen LogP contribution in [0.1, 0.15) is 16.7 Å². The number of nitrogens with zero attached hydrogens (tertiary/aromatic N) is 1. The third-order valence-electron chi connectivity index (χ3n) is 3.08. The lowest BCUT2D eigenvalue weighted by molar-refractivity contribution is 0.415. The Hall–Kier alpha value is -2.47. The molecule has 0 fully saturated rings. The highest BCUT2D eigenvalue weighted by Crippen LogP contribution is 2.22. The molecule has 2 rings (SSSR count). The van der Waals surface area contributed by atoms with E-state index in [0.717, 1.165) is 11.4 Å². The molecule has 0 atom stereocenters. The van der Waals surface area contributed by atoms with E-state index in [1.165, 1.54) is 11.1 Å². The SMILES string of the molecule is COc1ccc(C#N)c(NCc2ccccc2C)c1. The molecule has 0 unspecified atom stereocenters. The van der Waals surface area contributed by atoms with Crippen molar-refractivity contribution in [3.8, 4) is 11.8 Å². The zero-order valence-corrected chi connectivity index (χ0v) is 11.1. The number of anilines is 1. The first-order valence-corrected chi connectivity index (χ1v) is 6.11. The molecule has 19 heavy (non-hydrogen) atoms. The van der Waals surface area contributed by atoms with Gasteiger partial charge in [0.2, 0.25) is 0 Å². The number of nitrogens with one attached hydrogen (secondary N) is 1. The van der Waals surface area contributed by atoms with Crippen LogP contribution in [0.5, 0.6) is 5.75 Å². The summed E-state index contributed by atoms with van der Waals surface area (Å²) in [5.41, 5.74) is 3.87. The molecule has 1 N–H and O–H groups in total. The monoisotopic (exact) mass is 252 g/mol. The topological polar surface area (TPSA) is 45.0 Å². The maximum absolute atomic E-state index is 9.10. The van der Waals surface area contributed by atoms with Crippen LogP contribution < -0.4 is 10.1 Å². The molecule has 0 aromatic heterocycles. The highest BCUT2D eigenvalue weighted by Gasteiger charge is 2.04. The van der Waals surface area contributed by atoms with Crippen LogP contribution in [-0.4, -0.2) is 7.11 Å². The van der Waals surface area contributed by atoms with Gasteiger partial charge in [-0.05, 0) is 30.2 Å². The first-order chi connectivity index (χ1) is 9.24. The van der Waals surface area contributed by atoms with Gasteiger partial charge in [0.05, 0.1) is 18.4 Å². The van der Waals surface area contributed by atoms with Crippen molar-refractivity contribution in [2.24, 2.45) is 0 Å². The minimum absolute atomic E-state index is 0.620. The largest absolute Gasteiger partial charge is 0.497 e. The van der Waals surface area contributed by atoms with Crippen LogP contribution in [0.4, 0.5) is 5.69 Å². The third-order valence-corrected chi connectivity index (χ3v) is 3.08. The second-order valence-corrected chi connectivity index (χ2v) is 4.30. The van der Waals surface area contributed by atoms with Gasteiger partial charge in [-0.2, -0.15) is 5.26 Å². The third kappa shape index (κ3) is 3.05. The van der Waals surface area contributed by atoms with Crippen molar-refractivity contribution in [2.75, 3.05) is 12.4 Å². The second-order valence-electron chi connectivity index (χ2n) is 4.30. The Balaban J connectivity index is 2.19. The number of rotatable bonds is 4. The number of benzene rings is 2. The molecule has 0 aliphatic carbocycles. The van der Waals surface area contributed by atoms with Crippen molar-refractivity contribution < 1.29 is 4.74 Å². The molecule has 0 bridgehead atoms. The molecule has 3 nitrogen and oxygen atoms in total. The average Bonchev–Trinajstić information content (AvgIpc) is 2.46. The van der Waals surface area contributed by atoms with Crippen LogP contribution in [0.3, 0.4) is 0 Å². The molecule has 0 aliphatic rings. The first-order valence-electron chi connectivity index (χ1n) is 6.11. The van der Waals surface area contributed by atoms with E-state index >= 15 is 0 Å². The maximum Gasteiger partial charge on any atom is 0.121 e. The van der Waals surface area contributed by atoms with Gasteiger partial charge in [-0.1, -0.05) is 24.3 Å². The summed E-state index contributed by atoms with van der Waals surface area (Å²) in [4.78, 5) is 0. The van der Waals surface area contributed by atoms with Crippen molar-refractivity contribution in [2.45, 2.75) is 13.5 Å². The highest BCUT2D eigenvalue weighted by molar-refractivity contribution is 5.60.